The van der Waals surface area contributed by atoms with Gasteiger partial charge in [0.25, 0.3) is 5.56 Å². The van der Waals surface area contributed by atoms with E-state index in [1.807, 2.05) is 42.6 Å². The van der Waals surface area contributed by atoms with E-state index in [1.54, 1.807) is 18.7 Å². The minimum Gasteiger partial charge on any atom is -0.481 e. The molecule has 1 aliphatic heterocycles. The molecule has 3 heterocycles. The van der Waals surface area contributed by atoms with Crippen LogP contribution in [0.2, 0.25) is 0 Å². The number of benzene rings is 1. The third-order valence-electron chi connectivity index (χ3n) is 5.23. The summed E-state index contributed by atoms with van der Waals surface area (Å²) < 4.78 is 6.66. The number of pyridine rings is 2. The quantitative estimate of drug-likeness (QED) is 0.706. The molecule has 0 atom stereocenters. The van der Waals surface area contributed by atoms with E-state index in [4.69, 9.17) is 4.74 Å². The van der Waals surface area contributed by atoms with Gasteiger partial charge in [-0.25, -0.2) is 4.98 Å². The minimum absolute atomic E-state index is 0.198. The lowest BCUT2D eigenvalue weighted by Gasteiger charge is -2.30. The van der Waals surface area contributed by atoms with Gasteiger partial charge >= 0.3 is 0 Å². The van der Waals surface area contributed by atoms with E-state index in [0.29, 0.717) is 12.4 Å². The number of hydrogen-bond acceptors (Lipinski definition) is 5. The maximum Gasteiger partial charge on any atom is 0.270 e. The Balaban J connectivity index is 1.74. The third-order valence-corrected chi connectivity index (χ3v) is 5.23. The van der Waals surface area contributed by atoms with Crippen molar-refractivity contribution in [2.24, 2.45) is 7.05 Å². The van der Waals surface area contributed by atoms with E-state index in [0.717, 1.165) is 35.1 Å². The van der Waals surface area contributed by atoms with Crippen molar-refractivity contribution in [3.63, 3.8) is 0 Å². The Bertz CT molecular complexity index is 1170. The Morgan fingerprint density at radius 2 is 2.04 bits per heavy atom. The van der Waals surface area contributed by atoms with Gasteiger partial charge in [-0.05, 0) is 29.7 Å². The van der Waals surface area contributed by atoms with E-state index in [-0.39, 0.29) is 11.1 Å². The molecule has 0 bridgehead atoms. The summed E-state index contributed by atoms with van der Waals surface area (Å²) in [6.45, 7) is 1.36. The van der Waals surface area contributed by atoms with Gasteiger partial charge in [-0.3, -0.25) is 4.79 Å². The predicted octanol–water partition coefficient (Wildman–Crippen LogP) is 3.11. The van der Waals surface area contributed by atoms with Crippen molar-refractivity contribution >= 4 is 22.2 Å². The van der Waals surface area contributed by atoms with Gasteiger partial charge in [0.05, 0.1) is 18.3 Å². The van der Waals surface area contributed by atoms with E-state index < -0.39 is 0 Å². The maximum absolute atomic E-state index is 12.7. The molecule has 0 saturated carbocycles. The van der Waals surface area contributed by atoms with Crippen molar-refractivity contribution in [1.82, 2.24) is 9.55 Å². The van der Waals surface area contributed by atoms with Gasteiger partial charge in [-0.2, -0.15) is 5.26 Å². The number of methoxy groups -OCH3 is 1. The highest BCUT2D eigenvalue weighted by molar-refractivity contribution is 5.95. The minimum atomic E-state index is -0.259. The highest BCUT2D eigenvalue weighted by atomic mass is 16.5. The molecule has 140 valence electrons. The molecule has 6 nitrogen and oxygen atoms in total. The summed E-state index contributed by atoms with van der Waals surface area (Å²) in [4.78, 5) is 19.1. The van der Waals surface area contributed by atoms with Crippen LogP contribution < -0.4 is 15.2 Å². The van der Waals surface area contributed by atoms with Gasteiger partial charge in [-0.1, -0.05) is 24.3 Å². The van der Waals surface area contributed by atoms with E-state index in [9.17, 15) is 10.1 Å². The number of aryl methyl sites for hydroxylation is 1. The molecule has 0 radical (unpaired) electrons. The number of ether oxygens (including phenoxy) is 1. The first-order valence-corrected chi connectivity index (χ1v) is 9.10. The Morgan fingerprint density at radius 3 is 2.68 bits per heavy atom. The van der Waals surface area contributed by atoms with Crippen molar-refractivity contribution < 1.29 is 4.74 Å². The van der Waals surface area contributed by atoms with E-state index in [2.05, 4.69) is 22.0 Å². The molecule has 28 heavy (non-hydrogen) atoms. The van der Waals surface area contributed by atoms with Crippen LogP contribution in [0.3, 0.4) is 0 Å². The number of nitriles is 1. The normalized spacial score (nSPS) is 13.9. The molecule has 0 spiro atoms. The number of nitrogens with zero attached hydrogens (tertiary/aromatic N) is 4. The molecular formula is C22H20N4O2. The average Bonchev–Trinajstić information content (AvgIpc) is 2.76. The summed E-state index contributed by atoms with van der Waals surface area (Å²) >= 11 is 0. The van der Waals surface area contributed by atoms with Crippen LogP contribution in [-0.4, -0.2) is 29.8 Å². The predicted molar refractivity (Wildman–Crippen MR) is 110 cm³/mol. The zero-order chi connectivity index (χ0) is 19.7. The zero-order valence-electron chi connectivity index (χ0n) is 15.8. The highest BCUT2D eigenvalue weighted by Gasteiger charge is 2.22. The van der Waals surface area contributed by atoms with Crippen LogP contribution in [0.25, 0.3) is 16.5 Å². The molecule has 0 fully saturated rings. The topological polar surface area (TPSA) is 71.2 Å². The van der Waals surface area contributed by atoms with Crippen LogP contribution >= 0.6 is 0 Å². The molecule has 3 aromatic rings. The lowest BCUT2D eigenvalue weighted by atomic mass is 9.99. The average molecular weight is 372 g/mol. The standard InChI is InChI=1S/C22H20N4O2/c1-25-19-6-4-3-5-17(19)21(18(13-23)22(25)27)26-11-9-15(10-12-26)16-7-8-20(28-2)24-14-16/h3-9,14H,10-12H2,1-2H3. The smallest absolute Gasteiger partial charge is 0.270 e. The first-order valence-electron chi connectivity index (χ1n) is 9.10. The second-order valence-electron chi connectivity index (χ2n) is 6.73. The Labute approximate surface area is 162 Å². The lowest BCUT2D eigenvalue weighted by Crippen LogP contribution is -2.32. The lowest BCUT2D eigenvalue weighted by molar-refractivity contribution is 0.398. The van der Waals surface area contributed by atoms with Crippen molar-refractivity contribution in [1.29, 1.82) is 5.26 Å². The SMILES string of the molecule is COc1ccc(C2=CCN(c3c(C#N)c(=O)n(C)c4ccccc34)CC2)cn1. The summed E-state index contributed by atoms with van der Waals surface area (Å²) in [6, 6.07) is 13.7. The van der Waals surface area contributed by atoms with Gasteiger partial charge in [0.15, 0.2) is 0 Å². The Kier molecular flexibility index (Phi) is 4.58. The van der Waals surface area contributed by atoms with Crippen LogP contribution in [-0.2, 0) is 7.05 Å². The summed E-state index contributed by atoms with van der Waals surface area (Å²) in [5, 5.41) is 10.6. The van der Waals surface area contributed by atoms with Gasteiger partial charge in [-0.15, -0.1) is 0 Å². The summed E-state index contributed by atoms with van der Waals surface area (Å²) in [5.74, 6) is 0.590. The van der Waals surface area contributed by atoms with Gasteiger partial charge in [0.1, 0.15) is 11.6 Å². The number of anilines is 1. The van der Waals surface area contributed by atoms with E-state index in [1.165, 1.54) is 5.57 Å². The Hall–Kier alpha value is -3.59. The summed E-state index contributed by atoms with van der Waals surface area (Å²) in [5.41, 5.74) is 3.77. The molecule has 0 saturated heterocycles. The monoisotopic (exact) mass is 372 g/mol. The van der Waals surface area contributed by atoms with Crippen LogP contribution in [0.15, 0.2) is 53.5 Å². The summed E-state index contributed by atoms with van der Waals surface area (Å²) in [7, 11) is 3.31. The van der Waals surface area contributed by atoms with Gasteiger partial charge < -0.3 is 14.2 Å². The fourth-order valence-electron chi connectivity index (χ4n) is 3.73. The molecular weight excluding hydrogens is 352 g/mol. The molecule has 2 aromatic heterocycles. The number of fused-ring (bicyclic) bond motifs is 1. The number of para-hydroxylation sites is 1. The third kappa shape index (κ3) is 2.91. The highest BCUT2D eigenvalue weighted by Crippen LogP contribution is 2.32. The second-order valence-corrected chi connectivity index (χ2v) is 6.73. The van der Waals surface area contributed by atoms with Crippen LogP contribution in [0, 0.1) is 11.3 Å². The van der Waals surface area contributed by atoms with Gasteiger partial charge in [0, 0.05) is 37.8 Å². The first kappa shape index (κ1) is 17.8. The Morgan fingerprint density at radius 1 is 1.21 bits per heavy atom. The van der Waals surface area contributed by atoms with Crippen molar-refractivity contribution in [2.75, 3.05) is 25.1 Å². The number of aromatic nitrogens is 2. The molecule has 0 amide bonds. The molecule has 0 N–H and O–H groups in total. The molecule has 0 unspecified atom stereocenters. The largest absolute Gasteiger partial charge is 0.481 e. The first-order chi connectivity index (χ1) is 13.6. The zero-order valence-corrected chi connectivity index (χ0v) is 15.8. The number of rotatable bonds is 3. The molecule has 4 rings (SSSR count). The van der Waals surface area contributed by atoms with Crippen molar-refractivity contribution in [3.05, 3.63) is 70.2 Å². The molecule has 1 aromatic carbocycles. The van der Waals surface area contributed by atoms with Crippen molar-refractivity contribution in [2.45, 2.75) is 6.42 Å². The molecule has 0 aliphatic carbocycles. The van der Waals surface area contributed by atoms with Crippen LogP contribution in [0.4, 0.5) is 5.69 Å². The summed E-state index contributed by atoms with van der Waals surface area (Å²) in [6.07, 6.45) is 4.76. The fraction of sp³-hybridized carbons (Fsp3) is 0.227. The van der Waals surface area contributed by atoms with E-state index >= 15 is 0 Å². The second kappa shape index (κ2) is 7.20. The fourth-order valence-corrected chi connectivity index (χ4v) is 3.73. The van der Waals surface area contributed by atoms with Crippen LogP contribution in [0.1, 0.15) is 17.5 Å². The maximum atomic E-state index is 12.7. The molecule has 1 aliphatic rings. The number of hydrogen-bond donors (Lipinski definition) is 0. The van der Waals surface area contributed by atoms with Crippen LogP contribution in [0.5, 0.6) is 5.88 Å². The van der Waals surface area contributed by atoms with Gasteiger partial charge in [0.2, 0.25) is 5.88 Å². The van der Waals surface area contributed by atoms with Crippen molar-refractivity contribution in [3.8, 4) is 11.9 Å². The molecule has 6 heteroatoms.